The maximum absolute atomic E-state index is 3.79. The third-order valence-electron chi connectivity index (χ3n) is 6.00. The lowest BCUT2D eigenvalue weighted by Gasteiger charge is -2.30. The van der Waals surface area contributed by atoms with E-state index >= 15 is 0 Å². The SMILES string of the molecule is CC(C)(CCCC1CNC2CCCCC12)c1ccccc1. The number of fused-ring (bicyclic) bond motifs is 1. The van der Waals surface area contributed by atoms with Gasteiger partial charge in [-0.15, -0.1) is 0 Å². The van der Waals surface area contributed by atoms with Crippen molar-refractivity contribution in [2.75, 3.05) is 6.54 Å². The highest BCUT2D eigenvalue weighted by Gasteiger charge is 2.36. The molecule has 1 saturated carbocycles. The van der Waals surface area contributed by atoms with Gasteiger partial charge in [0.05, 0.1) is 0 Å². The van der Waals surface area contributed by atoms with Crippen molar-refractivity contribution in [1.29, 1.82) is 0 Å². The molecule has 1 N–H and O–H groups in total. The van der Waals surface area contributed by atoms with Crippen LogP contribution in [0.3, 0.4) is 0 Å². The Morgan fingerprint density at radius 1 is 1.10 bits per heavy atom. The molecule has 1 aliphatic carbocycles. The lowest BCUT2D eigenvalue weighted by atomic mass is 9.76. The summed E-state index contributed by atoms with van der Waals surface area (Å²) in [6.07, 6.45) is 9.92. The van der Waals surface area contributed by atoms with E-state index in [0.717, 1.165) is 17.9 Å². The molecule has 1 heteroatoms. The summed E-state index contributed by atoms with van der Waals surface area (Å²) < 4.78 is 0. The highest BCUT2D eigenvalue weighted by atomic mass is 15.0. The fourth-order valence-corrected chi connectivity index (χ4v) is 4.59. The van der Waals surface area contributed by atoms with E-state index in [1.807, 2.05) is 0 Å². The van der Waals surface area contributed by atoms with Gasteiger partial charge in [0, 0.05) is 6.04 Å². The van der Waals surface area contributed by atoms with Gasteiger partial charge in [-0.05, 0) is 55.0 Å². The topological polar surface area (TPSA) is 12.0 Å². The van der Waals surface area contributed by atoms with Gasteiger partial charge in [0.15, 0.2) is 0 Å². The molecular formula is C20H31N. The van der Waals surface area contributed by atoms with Crippen LogP contribution in [-0.2, 0) is 5.41 Å². The molecule has 2 fully saturated rings. The zero-order valence-corrected chi connectivity index (χ0v) is 13.8. The Labute approximate surface area is 130 Å². The van der Waals surface area contributed by atoms with Crippen molar-refractivity contribution in [3.8, 4) is 0 Å². The Kier molecular flexibility index (Phi) is 4.69. The predicted octanol–water partition coefficient (Wildman–Crippen LogP) is 4.91. The van der Waals surface area contributed by atoms with Crippen LogP contribution in [0, 0.1) is 11.8 Å². The van der Waals surface area contributed by atoms with Crippen molar-refractivity contribution in [1.82, 2.24) is 5.32 Å². The fraction of sp³-hybridized carbons (Fsp3) is 0.700. The molecule has 0 bridgehead atoms. The molecule has 1 saturated heterocycles. The van der Waals surface area contributed by atoms with Crippen molar-refractivity contribution in [3.63, 3.8) is 0 Å². The van der Waals surface area contributed by atoms with E-state index in [1.54, 1.807) is 0 Å². The van der Waals surface area contributed by atoms with Gasteiger partial charge in [0.2, 0.25) is 0 Å². The first-order valence-electron chi connectivity index (χ1n) is 8.96. The molecule has 1 nitrogen and oxygen atoms in total. The summed E-state index contributed by atoms with van der Waals surface area (Å²) in [5.74, 6) is 1.93. The Morgan fingerprint density at radius 3 is 2.67 bits per heavy atom. The van der Waals surface area contributed by atoms with E-state index in [1.165, 1.54) is 57.1 Å². The van der Waals surface area contributed by atoms with Crippen LogP contribution in [-0.4, -0.2) is 12.6 Å². The van der Waals surface area contributed by atoms with Crippen molar-refractivity contribution >= 4 is 0 Å². The van der Waals surface area contributed by atoms with Crippen molar-refractivity contribution < 1.29 is 0 Å². The van der Waals surface area contributed by atoms with Crippen molar-refractivity contribution in [3.05, 3.63) is 35.9 Å². The highest BCUT2D eigenvalue weighted by molar-refractivity contribution is 5.23. The van der Waals surface area contributed by atoms with Gasteiger partial charge in [0.25, 0.3) is 0 Å². The minimum atomic E-state index is 0.319. The van der Waals surface area contributed by atoms with E-state index in [4.69, 9.17) is 0 Å². The lowest BCUT2D eigenvalue weighted by molar-refractivity contribution is 0.257. The van der Waals surface area contributed by atoms with Gasteiger partial charge in [-0.2, -0.15) is 0 Å². The van der Waals surface area contributed by atoms with Crippen LogP contribution in [0.15, 0.2) is 30.3 Å². The maximum Gasteiger partial charge on any atom is 0.00985 e. The van der Waals surface area contributed by atoms with E-state index < -0.39 is 0 Å². The summed E-state index contributed by atoms with van der Waals surface area (Å²) in [4.78, 5) is 0. The molecule has 0 spiro atoms. The Hall–Kier alpha value is -0.820. The molecule has 2 aliphatic rings. The Morgan fingerprint density at radius 2 is 1.86 bits per heavy atom. The predicted molar refractivity (Wildman–Crippen MR) is 90.6 cm³/mol. The molecule has 1 aromatic carbocycles. The Balaban J connectivity index is 1.50. The zero-order chi connectivity index (χ0) is 14.7. The van der Waals surface area contributed by atoms with Crippen LogP contribution in [0.4, 0.5) is 0 Å². The third kappa shape index (κ3) is 3.51. The molecular weight excluding hydrogens is 254 g/mol. The summed E-state index contributed by atoms with van der Waals surface area (Å²) in [6.45, 7) is 6.08. The smallest absolute Gasteiger partial charge is 0.00985 e. The van der Waals surface area contributed by atoms with Gasteiger partial charge in [0.1, 0.15) is 0 Å². The van der Waals surface area contributed by atoms with Crippen LogP contribution in [0.25, 0.3) is 0 Å². The van der Waals surface area contributed by atoms with Gasteiger partial charge < -0.3 is 5.32 Å². The second kappa shape index (κ2) is 6.52. The standard InChI is InChI=1S/C20H31N/c1-20(2,17-10-4-3-5-11-17)14-8-9-16-15-21-19-13-7-6-12-18(16)19/h3-5,10-11,16,18-19,21H,6-9,12-15H2,1-2H3. The molecule has 21 heavy (non-hydrogen) atoms. The molecule has 3 atom stereocenters. The van der Waals surface area contributed by atoms with Crippen molar-refractivity contribution in [2.45, 2.75) is 70.3 Å². The molecule has 116 valence electrons. The summed E-state index contributed by atoms with van der Waals surface area (Å²) >= 11 is 0. The van der Waals surface area contributed by atoms with Gasteiger partial charge in [-0.1, -0.05) is 63.4 Å². The van der Waals surface area contributed by atoms with E-state index in [2.05, 4.69) is 49.5 Å². The number of rotatable bonds is 5. The third-order valence-corrected chi connectivity index (χ3v) is 6.00. The molecule has 3 unspecified atom stereocenters. The Bertz CT molecular complexity index is 436. The van der Waals surface area contributed by atoms with E-state index in [9.17, 15) is 0 Å². The number of hydrogen-bond acceptors (Lipinski definition) is 1. The van der Waals surface area contributed by atoms with Crippen molar-refractivity contribution in [2.24, 2.45) is 11.8 Å². The van der Waals surface area contributed by atoms with Gasteiger partial charge >= 0.3 is 0 Å². The normalized spacial score (nSPS) is 29.3. The average molecular weight is 285 g/mol. The quantitative estimate of drug-likeness (QED) is 0.810. The minimum Gasteiger partial charge on any atom is -0.313 e. The summed E-state index contributed by atoms with van der Waals surface area (Å²) in [6, 6.07) is 11.9. The molecule has 1 aromatic rings. The summed E-state index contributed by atoms with van der Waals surface area (Å²) in [5, 5.41) is 3.79. The molecule has 1 heterocycles. The van der Waals surface area contributed by atoms with Crippen LogP contribution >= 0.6 is 0 Å². The van der Waals surface area contributed by atoms with Gasteiger partial charge in [-0.25, -0.2) is 0 Å². The fourth-order valence-electron chi connectivity index (χ4n) is 4.59. The minimum absolute atomic E-state index is 0.319. The maximum atomic E-state index is 3.79. The summed E-state index contributed by atoms with van der Waals surface area (Å²) in [5.41, 5.74) is 1.81. The van der Waals surface area contributed by atoms with Crippen LogP contribution in [0.1, 0.15) is 64.4 Å². The largest absolute Gasteiger partial charge is 0.313 e. The van der Waals surface area contributed by atoms with Crippen LogP contribution in [0.2, 0.25) is 0 Å². The molecule has 3 rings (SSSR count). The first-order chi connectivity index (χ1) is 10.2. The molecule has 0 amide bonds. The monoisotopic (exact) mass is 285 g/mol. The van der Waals surface area contributed by atoms with E-state index in [-0.39, 0.29) is 0 Å². The number of nitrogens with one attached hydrogen (secondary N) is 1. The van der Waals surface area contributed by atoms with Gasteiger partial charge in [-0.3, -0.25) is 0 Å². The highest BCUT2D eigenvalue weighted by Crippen LogP contribution is 2.38. The second-order valence-corrected chi connectivity index (χ2v) is 7.87. The van der Waals surface area contributed by atoms with Crippen LogP contribution in [0.5, 0.6) is 0 Å². The van der Waals surface area contributed by atoms with Crippen LogP contribution < -0.4 is 5.32 Å². The number of benzene rings is 1. The van der Waals surface area contributed by atoms with E-state index in [0.29, 0.717) is 5.41 Å². The first-order valence-corrected chi connectivity index (χ1v) is 8.96. The number of hydrogen-bond donors (Lipinski definition) is 1. The lowest BCUT2D eigenvalue weighted by Crippen LogP contribution is -2.30. The zero-order valence-electron chi connectivity index (χ0n) is 13.8. The average Bonchev–Trinajstić information content (AvgIpc) is 2.92. The molecule has 1 aliphatic heterocycles. The molecule has 0 aromatic heterocycles. The molecule has 0 radical (unpaired) electrons. The second-order valence-electron chi connectivity index (χ2n) is 7.87. The summed E-state index contributed by atoms with van der Waals surface area (Å²) in [7, 11) is 0. The first kappa shape index (κ1) is 15.1.